The number of methoxy groups -OCH3 is 1. The maximum atomic E-state index is 8.87. The van der Waals surface area contributed by atoms with Crippen LogP contribution in [0.25, 0.3) is 0 Å². The molecule has 8 nitrogen and oxygen atoms in total. The molecule has 0 amide bonds. The van der Waals surface area contributed by atoms with E-state index in [4.69, 9.17) is 38.5 Å². The molecule has 1 aromatic carbocycles. The van der Waals surface area contributed by atoms with Crippen LogP contribution in [0.5, 0.6) is 0 Å². The molecule has 9 heteroatoms. The quantitative estimate of drug-likeness (QED) is 0.232. The van der Waals surface area contributed by atoms with Crippen LogP contribution in [0.4, 0.5) is 0 Å². The number of unbranched alkanes of at least 4 members (excludes halogenated alkanes) is 2. The minimum atomic E-state index is 0. The van der Waals surface area contributed by atoms with Gasteiger partial charge in [0.1, 0.15) is 5.76 Å². The summed E-state index contributed by atoms with van der Waals surface area (Å²) in [6, 6.07) is 14.8. The van der Waals surface area contributed by atoms with Gasteiger partial charge in [-0.1, -0.05) is 42.0 Å². The summed E-state index contributed by atoms with van der Waals surface area (Å²) in [4.78, 5) is 0. The number of ether oxygens (including phenoxy) is 1. The number of hydrogen-bond acceptors (Lipinski definition) is 3. The van der Waals surface area contributed by atoms with Gasteiger partial charge in [0, 0.05) is 36.1 Å². The zero-order valence-corrected chi connectivity index (χ0v) is 22.0. The zero-order chi connectivity index (χ0) is 27.9. The molecule has 1 aliphatic carbocycles. The smallest absolute Gasteiger partial charge is 0 e. The van der Waals surface area contributed by atoms with Crippen molar-refractivity contribution in [2.45, 2.75) is 44.4 Å². The molecule has 1 atom stereocenters. The van der Waals surface area contributed by atoms with Crippen LogP contribution in [-0.2, 0) is 45.4 Å². The van der Waals surface area contributed by atoms with Crippen molar-refractivity contribution in [3.05, 3.63) is 112 Å². The maximum Gasteiger partial charge on any atom is 0 e. The monoisotopic (exact) mass is 539 g/mol. The SMILES string of the molecule is COC1=C[C@@H](c2ccccc2)C(CCCC#N)=CC(CCCC#N)=C1.[C-]#[O+].[C-]#[O+].[C-]#[O+].[C-]#[O+].[C-]#[O+].[CH3-].[Cr]. The van der Waals surface area contributed by atoms with Gasteiger partial charge in [0.2, 0.25) is 0 Å². The summed E-state index contributed by atoms with van der Waals surface area (Å²) in [7, 11) is 1.69. The molecule has 0 fully saturated rings. The molecule has 0 unspecified atom stereocenters. The third-order valence-corrected chi connectivity index (χ3v) is 4.33. The third kappa shape index (κ3) is 22.6. The average molecular weight is 540 g/mol. The molecule has 0 spiro atoms. The molecule has 2 rings (SSSR count). The van der Waals surface area contributed by atoms with Gasteiger partial charge in [0.15, 0.2) is 0 Å². The Morgan fingerprint density at radius 3 is 1.68 bits per heavy atom. The standard InChI is InChI=1S/C22H24N2O.5CO.CH3.Cr/c1-25-21-16-18(9-5-7-13-23)15-20(12-6-8-14-24)22(17-21)19-10-3-2-4-11-19;5*1-2;;/h2-4,10-11,15-17,22H,5-9,12H2,1H3;;;;;;1H3;/q;;;;;;-1;/t22-;;;;;;;/m0......./s1. The summed E-state index contributed by atoms with van der Waals surface area (Å²) in [6.45, 7) is 22.5. The van der Waals surface area contributed by atoms with E-state index < -0.39 is 0 Å². The number of nitrogens with zero attached hydrogens (tertiary/aromatic N) is 2. The van der Waals surface area contributed by atoms with Gasteiger partial charge in [-0.2, -0.15) is 10.5 Å². The predicted molar refractivity (Wildman–Crippen MR) is 125 cm³/mol. The van der Waals surface area contributed by atoms with Crippen molar-refractivity contribution >= 4 is 0 Å². The second-order valence-corrected chi connectivity index (χ2v) is 6.12. The van der Waals surface area contributed by atoms with E-state index >= 15 is 0 Å². The number of nitriles is 2. The van der Waals surface area contributed by atoms with E-state index in [1.807, 2.05) is 6.07 Å². The second kappa shape index (κ2) is 39.7. The van der Waals surface area contributed by atoms with Gasteiger partial charge in [-0.15, -0.1) is 0 Å². The average Bonchev–Trinajstić information content (AvgIpc) is 3.14. The normalized spacial score (nSPS) is 11.5. The van der Waals surface area contributed by atoms with Gasteiger partial charge >= 0.3 is 56.5 Å². The Bertz CT molecular complexity index is 924. The van der Waals surface area contributed by atoms with Crippen molar-refractivity contribution in [2.75, 3.05) is 7.11 Å². The fourth-order valence-corrected chi connectivity index (χ4v) is 3.08. The third-order valence-electron chi connectivity index (χ3n) is 4.33. The van der Waals surface area contributed by atoms with Crippen molar-refractivity contribution in [3.63, 3.8) is 0 Å². The molecule has 0 radical (unpaired) electrons. The van der Waals surface area contributed by atoms with E-state index in [2.05, 4.69) is 87.9 Å². The number of benzene rings is 1. The molecule has 0 N–H and O–H groups in total. The molecule has 0 saturated heterocycles. The van der Waals surface area contributed by atoms with E-state index in [1.54, 1.807) is 7.11 Å². The van der Waals surface area contributed by atoms with Crippen LogP contribution < -0.4 is 0 Å². The minimum Gasteiger partial charge on any atom is -0.358 e. The van der Waals surface area contributed by atoms with Crippen molar-refractivity contribution < 1.29 is 45.4 Å². The first-order chi connectivity index (χ1) is 17.3. The summed E-state index contributed by atoms with van der Waals surface area (Å²) >= 11 is 0. The van der Waals surface area contributed by atoms with Crippen LogP contribution in [0.15, 0.2) is 65.5 Å². The summed E-state index contributed by atoms with van der Waals surface area (Å²) in [5, 5.41) is 17.7. The molecule has 0 heterocycles. The zero-order valence-electron chi connectivity index (χ0n) is 20.7. The molecule has 192 valence electrons. The number of rotatable bonds is 8. The Balaban J connectivity index is -0.000000179. The van der Waals surface area contributed by atoms with E-state index in [0.29, 0.717) is 12.8 Å². The van der Waals surface area contributed by atoms with E-state index in [0.717, 1.165) is 31.4 Å². The van der Waals surface area contributed by atoms with E-state index in [-0.39, 0.29) is 30.7 Å². The Morgan fingerprint density at radius 1 is 0.784 bits per heavy atom. The molecule has 0 bridgehead atoms. The van der Waals surface area contributed by atoms with Crippen LogP contribution in [0.3, 0.4) is 0 Å². The molecule has 0 aliphatic heterocycles. The van der Waals surface area contributed by atoms with Crippen LogP contribution in [-0.4, -0.2) is 7.11 Å². The van der Waals surface area contributed by atoms with Crippen molar-refractivity contribution in [1.82, 2.24) is 0 Å². The van der Waals surface area contributed by atoms with Crippen LogP contribution in [0.1, 0.15) is 50.0 Å². The Labute approximate surface area is 231 Å². The summed E-state index contributed by atoms with van der Waals surface area (Å²) in [5.74, 6) is 1.01. The van der Waals surface area contributed by atoms with Gasteiger partial charge in [-0.05, 0) is 49.0 Å². The van der Waals surface area contributed by atoms with Crippen molar-refractivity contribution in [2.24, 2.45) is 0 Å². The fraction of sp³-hybridized carbons (Fsp3) is 0.286. The molecule has 1 aliphatic rings. The Kier molecular flexibility index (Phi) is 50.1. The fourth-order valence-electron chi connectivity index (χ4n) is 3.08. The molecular formula is C28H27CrN2O6-. The summed E-state index contributed by atoms with van der Waals surface area (Å²) in [6.07, 6.45) is 11.0. The van der Waals surface area contributed by atoms with Crippen molar-refractivity contribution in [3.8, 4) is 12.1 Å². The van der Waals surface area contributed by atoms with Gasteiger partial charge < -0.3 is 12.2 Å². The molecule has 0 saturated carbocycles. The summed E-state index contributed by atoms with van der Waals surface area (Å²) < 4.78 is 43.1. The van der Waals surface area contributed by atoms with E-state index in [1.165, 1.54) is 16.7 Å². The predicted octanol–water partition coefficient (Wildman–Crippen LogP) is 5.81. The molecule has 1 aromatic rings. The number of allylic oxidation sites excluding steroid dienone is 5. The van der Waals surface area contributed by atoms with Crippen LogP contribution in [0.2, 0.25) is 0 Å². The van der Waals surface area contributed by atoms with Gasteiger partial charge in [-0.3, -0.25) is 0 Å². The maximum absolute atomic E-state index is 8.87. The number of hydrogen-bond donors (Lipinski definition) is 0. The first-order valence-electron chi connectivity index (χ1n) is 9.76. The molecule has 0 aromatic heterocycles. The molecular weight excluding hydrogens is 512 g/mol. The second-order valence-electron chi connectivity index (χ2n) is 6.12. The largest absolute Gasteiger partial charge is 0.358 e. The molecule has 37 heavy (non-hydrogen) atoms. The van der Waals surface area contributed by atoms with Gasteiger partial charge in [0.05, 0.1) is 19.2 Å². The first-order valence-corrected chi connectivity index (χ1v) is 9.76. The van der Waals surface area contributed by atoms with Crippen LogP contribution in [0, 0.1) is 63.3 Å². The summed E-state index contributed by atoms with van der Waals surface area (Å²) in [5.41, 5.74) is 3.72. The minimum absolute atomic E-state index is 0. The van der Waals surface area contributed by atoms with Gasteiger partial charge in [0.25, 0.3) is 0 Å². The Hall–Kier alpha value is -3.55. The first kappa shape index (κ1) is 46.7. The van der Waals surface area contributed by atoms with Crippen LogP contribution >= 0.6 is 0 Å². The Morgan fingerprint density at radius 2 is 1.24 bits per heavy atom. The topological polar surface area (TPSA) is 156 Å². The van der Waals surface area contributed by atoms with Crippen molar-refractivity contribution in [1.29, 1.82) is 10.5 Å². The van der Waals surface area contributed by atoms with Gasteiger partial charge in [-0.25, -0.2) is 0 Å². The van der Waals surface area contributed by atoms with E-state index in [9.17, 15) is 0 Å².